The Bertz CT molecular complexity index is 827. The lowest BCUT2D eigenvalue weighted by atomic mass is 10.2. The van der Waals surface area contributed by atoms with Crippen LogP contribution in [0.4, 0.5) is 18.9 Å². The number of pyridine rings is 1. The van der Waals surface area contributed by atoms with Crippen LogP contribution in [0.25, 0.3) is 0 Å². The molecular weight excluding hydrogens is 347 g/mol. The molecule has 0 aliphatic heterocycles. The Morgan fingerprint density at radius 3 is 2.19 bits per heavy atom. The Kier molecular flexibility index (Phi) is 5.74. The third kappa shape index (κ3) is 4.87. The van der Waals surface area contributed by atoms with E-state index >= 15 is 0 Å². The van der Waals surface area contributed by atoms with Crippen LogP contribution in [0.15, 0.2) is 47.4 Å². The molecule has 0 aliphatic carbocycles. The molecule has 0 spiro atoms. The van der Waals surface area contributed by atoms with Crippen molar-refractivity contribution in [3.05, 3.63) is 64.1 Å². The first-order chi connectivity index (χ1) is 12.1. The van der Waals surface area contributed by atoms with E-state index in [1.54, 1.807) is 7.05 Å². The summed E-state index contributed by atoms with van der Waals surface area (Å²) in [5.74, 6) is -0.455. The maximum atomic E-state index is 12.8. The number of nitrogens with zero attached hydrogens (tertiary/aromatic N) is 3. The average molecular weight is 367 g/mol. The van der Waals surface area contributed by atoms with Crippen molar-refractivity contribution in [2.45, 2.75) is 19.3 Å². The summed E-state index contributed by atoms with van der Waals surface area (Å²) in [6.45, 7) is -0.157. The lowest BCUT2D eigenvalue weighted by Crippen LogP contribution is -2.33. The first-order valence-electron chi connectivity index (χ1n) is 7.86. The number of hydrogen-bond acceptors (Lipinski definition) is 3. The van der Waals surface area contributed by atoms with Gasteiger partial charge >= 0.3 is 6.18 Å². The zero-order chi connectivity index (χ0) is 19.5. The Morgan fingerprint density at radius 1 is 1.04 bits per heavy atom. The molecule has 5 nitrogen and oxygen atoms in total. The zero-order valence-electron chi connectivity index (χ0n) is 14.7. The van der Waals surface area contributed by atoms with Crippen LogP contribution < -0.4 is 10.5 Å². The second kappa shape index (κ2) is 7.63. The Hall–Kier alpha value is -2.77. The van der Waals surface area contributed by atoms with Crippen LogP contribution in [0, 0.1) is 0 Å². The molecule has 140 valence electrons. The summed E-state index contributed by atoms with van der Waals surface area (Å²) in [7, 11) is 5.37. The van der Waals surface area contributed by atoms with Crippen molar-refractivity contribution in [1.29, 1.82) is 0 Å². The molecule has 1 aromatic carbocycles. The number of carbonyl (C=O) groups is 1. The van der Waals surface area contributed by atoms with Gasteiger partial charge in [0.1, 0.15) is 6.54 Å². The van der Waals surface area contributed by atoms with Crippen molar-refractivity contribution < 1.29 is 18.0 Å². The molecule has 0 N–H and O–H groups in total. The van der Waals surface area contributed by atoms with Gasteiger partial charge in [-0.15, -0.1) is 0 Å². The molecule has 2 aromatic rings. The van der Waals surface area contributed by atoms with Crippen LogP contribution in [0.3, 0.4) is 0 Å². The van der Waals surface area contributed by atoms with Crippen LogP contribution in [-0.4, -0.2) is 36.5 Å². The Balaban J connectivity index is 2.08. The van der Waals surface area contributed by atoms with E-state index in [1.807, 2.05) is 43.3 Å². The van der Waals surface area contributed by atoms with Gasteiger partial charge in [-0.3, -0.25) is 9.59 Å². The maximum Gasteiger partial charge on any atom is 0.417 e. The van der Waals surface area contributed by atoms with Gasteiger partial charge < -0.3 is 14.4 Å². The highest BCUT2D eigenvalue weighted by Gasteiger charge is 2.31. The standard InChI is InChI=1S/C18H20F3N3O2/c1-22(2)15-7-4-13(5-8-15)10-23(3)17(26)12-24-11-14(18(19,20)21)6-9-16(24)25/h4-9,11H,10,12H2,1-3H3. The van der Waals surface area contributed by atoms with Crippen molar-refractivity contribution in [1.82, 2.24) is 9.47 Å². The molecule has 0 saturated carbocycles. The largest absolute Gasteiger partial charge is 0.417 e. The number of benzene rings is 1. The first-order valence-corrected chi connectivity index (χ1v) is 7.86. The molecule has 0 atom stereocenters. The molecule has 1 amide bonds. The van der Waals surface area contributed by atoms with E-state index in [2.05, 4.69) is 0 Å². The monoisotopic (exact) mass is 367 g/mol. The van der Waals surface area contributed by atoms with Crippen molar-refractivity contribution >= 4 is 11.6 Å². The minimum Gasteiger partial charge on any atom is -0.378 e. The van der Waals surface area contributed by atoms with Crippen molar-refractivity contribution in [3.63, 3.8) is 0 Å². The number of halogens is 3. The molecular formula is C18H20F3N3O2. The minimum atomic E-state index is -4.57. The predicted molar refractivity (Wildman–Crippen MR) is 92.9 cm³/mol. The Labute approximate surface area is 149 Å². The van der Waals surface area contributed by atoms with E-state index in [9.17, 15) is 22.8 Å². The average Bonchev–Trinajstić information content (AvgIpc) is 2.56. The van der Waals surface area contributed by atoms with Crippen LogP contribution in [-0.2, 0) is 24.1 Å². The van der Waals surface area contributed by atoms with Gasteiger partial charge in [0.25, 0.3) is 5.56 Å². The third-order valence-corrected chi connectivity index (χ3v) is 3.91. The van der Waals surface area contributed by atoms with Gasteiger partial charge in [-0.2, -0.15) is 13.2 Å². The summed E-state index contributed by atoms with van der Waals surface area (Å²) < 4.78 is 39.0. The van der Waals surface area contributed by atoms with Crippen molar-refractivity contribution in [2.75, 3.05) is 26.0 Å². The van der Waals surface area contributed by atoms with Crippen LogP contribution >= 0.6 is 0 Å². The SMILES string of the molecule is CN(Cc1ccc(N(C)C)cc1)C(=O)Cn1cc(C(F)(F)F)ccc1=O. The molecule has 0 fully saturated rings. The molecule has 0 unspecified atom stereocenters. The van der Waals surface area contributed by atoms with Gasteiger partial charge in [0, 0.05) is 45.6 Å². The van der Waals surface area contributed by atoms with Gasteiger partial charge in [0.05, 0.1) is 5.56 Å². The van der Waals surface area contributed by atoms with Crippen LogP contribution in [0.5, 0.6) is 0 Å². The number of rotatable bonds is 5. The molecule has 0 bridgehead atoms. The van der Waals surface area contributed by atoms with Crippen molar-refractivity contribution in [3.8, 4) is 0 Å². The van der Waals surface area contributed by atoms with Gasteiger partial charge in [-0.1, -0.05) is 12.1 Å². The van der Waals surface area contributed by atoms with Crippen LogP contribution in [0.2, 0.25) is 0 Å². The quantitative estimate of drug-likeness (QED) is 0.816. The second-order valence-corrected chi connectivity index (χ2v) is 6.19. The van der Waals surface area contributed by atoms with Gasteiger partial charge in [0.15, 0.2) is 0 Å². The number of amides is 1. The maximum absolute atomic E-state index is 12.8. The molecule has 0 aliphatic rings. The molecule has 0 radical (unpaired) electrons. The fraction of sp³-hybridized carbons (Fsp3) is 0.333. The summed E-state index contributed by atoms with van der Waals surface area (Å²) >= 11 is 0. The van der Waals surface area contributed by atoms with Crippen molar-refractivity contribution in [2.24, 2.45) is 0 Å². The highest BCUT2D eigenvalue weighted by Crippen LogP contribution is 2.28. The normalized spacial score (nSPS) is 11.3. The number of hydrogen-bond donors (Lipinski definition) is 0. The zero-order valence-corrected chi connectivity index (χ0v) is 14.7. The van der Waals surface area contributed by atoms with E-state index in [1.165, 1.54) is 4.90 Å². The lowest BCUT2D eigenvalue weighted by Gasteiger charge is -2.19. The number of likely N-dealkylation sites (N-methyl/N-ethyl adjacent to an activating group) is 1. The number of anilines is 1. The number of aromatic nitrogens is 1. The predicted octanol–water partition coefficient (Wildman–Crippen LogP) is 2.59. The fourth-order valence-corrected chi connectivity index (χ4v) is 2.35. The Morgan fingerprint density at radius 2 is 1.65 bits per heavy atom. The molecule has 1 heterocycles. The smallest absolute Gasteiger partial charge is 0.378 e. The van der Waals surface area contributed by atoms with E-state index in [0.717, 1.165) is 21.9 Å². The summed E-state index contributed by atoms with van der Waals surface area (Å²) in [4.78, 5) is 27.3. The molecule has 0 saturated heterocycles. The topological polar surface area (TPSA) is 45.5 Å². The first kappa shape index (κ1) is 19.6. The molecule has 2 rings (SSSR count). The lowest BCUT2D eigenvalue weighted by molar-refractivity contribution is -0.138. The second-order valence-electron chi connectivity index (χ2n) is 6.19. The van der Waals surface area contributed by atoms with E-state index in [-0.39, 0.29) is 0 Å². The summed E-state index contributed by atoms with van der Waals surface area (Å²) in [6, 6.07) is 9.08. The highest BCUT2D eigenvalue weighted by atomic mass is 19.4. The summed E-state index contributed by atoms with van der Waals surface area (Å²) in [5.41, 5.74) is 0.267. The number of alkyl halides is 3. The van der Waals surface area contributed by atoms with E-state index in [4.69, 9.17) is 0 Å². The molecule has 8 heteroatoms. The van der Waals surface area contributed by atoms with Gasteiger partial charge in [-0.25, -0.2) is 0 Å². The van der Waals surface area contributed by atoms with Crippen LogP contribution in [0.1, 0.15) is 11.1 Å². The summed E-state index contributed by atoms with van der Waals surface area (Å²) in [5, 5.41) is 0. The van der Waals surface area contributed by atoms with Gasteiger partial charge in [-0.05, 0) is 23.8 Å². The fourth-order valence-electron chi connectivity index (χ4n) is 2.35. The highest BCUT2D eigenvalue weighted by molar-refractivity contribution is 5.75. The third-order valence-electron chi connectivity index (χ3n) is 3.91. The minimum absolute atomic E-state index is 0.292. The molecule has 26 heavy (non-hydrogen) atoms. The van der Waals surface area contributed by atoms with E-state index < -0.39 is 29.8 Å². The molecule has 1 aromatic heterocycles. The van der Waals surface area contributed by atoms with E-state index in [0.29, 0.717) is 18.8 Å². The summed E-state index contributed by atoms with van der Waals surface area (Å²) in [6.07, 6.45) is -3.90. The van der Waals surface area contributed by atoms with Gasteiger partial charge in [0.2, 0.25) is 5.91 Å². The number of carbonyl (C=O) groups excluding carboxylic acids is 1.